The van der Waals surface area contributed by atoms with Crippen LogP contribution < -0.4 is 11.1 Å². The van der Waals surface area contributed by atoms with Crippen LogP contribution in [0.2, 0.25) is 0 Å². The second kappa shape index (κ2) is 4.78. The number of nitrogens with zero attached hydrogens (tertiary/aromatic N) is 1. The van der Waals surface area contributed by atoms with E-state index < -0.39 is 6.03 Å². The van der Waals surface area contributed by atoms with Gasteiger partial charge < -0.3 is 5.73 Å². The lowest BCUT2D eigenvalue weighted by Gasteiger charge is -2.50. The standard InChI is InChI=1S/C14H25N3O2/c1-13(2)10-4-6-14(3,8-10)9-17(13)7-5-11(18)16-12(15)19/h10H,4-9H2,1-3H3,(H3,15,16,18,19)/t10-,14+/m0/s1. The van der Waals surface area contributed by atoms with Gasteiger partial charge in [0.05, 0.1) is 0 Å². The predicted octanol–water partition coefficient (Wildman–Crippen LogP) is 1.47. The molecule has 19 heavy (non-hydrogen) atoms. The quantitative estimate of drug-likeness (QED) is 0.813. The molecule has 1 saturated heterocycles. The minimum atomic E-state index is -0.769. The first-order chi connectivity index (χ1) is 8.73. The molecule has 1 saturated carbocycles. The summed E-state index contributed by atoms with van der Waals surface area (Å²) in [5.41, 5.74) is 5.49. The molecule has 0 unspecified atom stereocenters. The number of primary amides is 1. The van der Waals surface area contributed by atoms with E-state index in [2.05, 4.69) is 31.0 Å². The molecule has 0 spiro atoms. The molecule has 1 heterocycles. The summed E-state index contributed by atoms with van der Waals surface area (Å²) < 4.78 is 0. The fourth-order valence-corrected chi connectivity index (χ4v) is 3.79. The van der Waals surface area contributed by atoms with E-state index in [9.17, 15) is 9.59 Å². The maximum absolute atomic E-state index is 11.5. The Labute approximate surface area is 114 Å². The normalized spacial score (nSPS) is 33.1. The van der Waals surface area contributed by atoms with E-state index in [0.717, 1.165) is 6.54 Å². The minimum absolute atomic E-state index is 0.142. The molecule has 108 valence electrons. The molecule has 0 aromatic carbocycles. The van der Waals surface area contributed by atoms with Crippen LogP contribution in [0, 0.1) is 11.3 Å². The lowest BCUT2D eigenvalue weighted by atomic mass is 9.75. The number of nitrogens with one attached hydrogen (secondary N) is 1. The van der Waals surface area contributed by atoms with Crippen LogP contribution in [0.5, 0.6) is 0 Å². The molecule has 3 amide bonds. The number of imide groups is 1. The second-order valence-electron chi connectivity index (χ2n) is 6.99. The van der Waals surface area contributed by atoms with Gasteiger partial charge in [-0.1, -0.05) is 6.92 Å². The summed E-state index contributed by atoms with van der Waals surface area (Å²) in [6, 6.07) is -0.769. The Morgan fingerprint density at radius 2 is 2.05 bits per heavy atom. The van der Waals surface area contributed by atoms with E-state index >= 15 is 0 Å². The molecule has 3 N–H and O–H groups in total. The summed E-state index contributed by atoms with van der Waals surface area (Å²) in [5.74, 6) is 0.428. The van der Waals surface area contributed by atoms with Crippen LogP contribution in [0.25, 0.3) is 0 Å². The summed E-state index contributed by atoms with van der Waals surface area (Å²) in [7, 11) is 0. The summed E-state index contributed by atoms with van der Waals surface area (Å²) in [5, 5.41) is 2.13. The molecule has 0 aromatic heterocycles. The molecule has 2 bridgehead atoms. The van der Waals surface area contributed by atoms with Gasteiger partial charge >= 0.3 is 6.03 Å². The SMILES string of the molecule is CC1(C)[C@H]2CC[C@](C)(C2)CN1CCC(=O)NC(N)=O. The van der Waals surface area contributed by atoms with Gasteiger partial charge in [0, 0.05) is 25.0 Å². The Kier molecular flexibility index (Phi) is 3.60. The monoisotopic (exact) mass is 267 g/mol. The third-order valence-corrected chi connectivity index (χ3v) is 5.09. The summed E-state index contributed by atoms with van der Waals surface area (Å²) in [6.07, 6.45) is 4.19. The molecule has 1 aliphatic carbocycles. The Balaban J connectivity index is 1.96. The molecule has 0 radical (unpaired) electrons. The molecule has 0 aromatic rings. The largest absolute Gasteiger partial charge is 0.351 e. The van der Waals surface area contributed by atoms with Gasteiger partial charge in [0.15, 0.2) is 0 Å². The number of hydrogen-bond acceptors (Lipinski definition) is 3. The molecule has 5 nitrogen and oxygen atoms in total. The van der Waals surface area contributed by atoms with E-state index in [1.807, 2.05) is 0 Å². The van der Waals surface area contributed by atoms with Crippen molar-refractivity contribution in [3.63, 3.8) is 0 Å². The van der Waals surface area contributed by atoms with Crippen LogP contribution in [0.3, 0.4) is 0 Å². The summed E-state index contributed by atoms with van der Waals surface area (Å²) in [6.45, 7) is 8.63. The third-order valence-electron chi connectivity index (χ3n) is 5.09. The molecular weight excluding hydrogens is 242 g/mol. The lowest BCUT2D eigenvalue weighted by Crippen LogP contribution is -2.56. The van der Waals surface area contributed by atoms with Gasteiger partial charge in [-0.3, -0.25) is 15.0 Å². The fraction of sp³-hybridized carbons (Fsp3) is 0.857. The number of urea groups is 1. The highest BCUT2D eigenvalue weighted by Crippen LogP contribution is 2.52. The average Bonchev–Trinajstić information content (AvgIpc) is 2.62. The average molecular weight is 267 g/mol. The zero-order chi connectivity index (χ0) is 14.3. The van der Waals surface area contributed by atoms with Crippen LogP contribution in [-0.4, -0.2) is 35.5 Å². The molecular formula is C14H25N3O2. The zero-order valence-electron chi connectivity index (χ0n) is 12.2. The number of rotatable bonds is 3. The van der Waals surface area contributed by atoms with Gasteiger partial charge in [-0.05, 0) is 44.4 Å². The number of likely N-dealkylation sites (tertiary alicyclic amines) is 1. The van der Waals surface area contributed by atoms with Crippen molar-refractivity contribution < 1.29 is 9.59 Å². The van der Waals surface area contributed by atoms with Gasteiger partial charge in [-0.25, -0.2) is 4.79 Å². The predicted molar refractivity (Wildman–Crippen MR) is 73.4 cm³/mol. The third kappa shape index (κ3) is 2.91. The second-order valence-corrected chi connectivity index (χ2v) is 6.99. The first kappa shape index (κ1) is 14.3. The summed E-state index contributed by atoms with van der Waals surface area (Å²) >= 11 is 0. The fourth-order valence-electron chi connectivity index (χ4n) is 3.79. The number of carbonyl (C=O) groups is 2. The lowest BCUT2D eigenvalue weighted by molar-refractivity contribution is -0.121. The van der Waals surface area contributed by atoms with Crippen molar-refractivity contribution >= 4 is 11.9 Å². The zero-order valence-corrected chi connectivity index (χ0v) is 12.2. The van der Waals surface area contributed by atoms with Gasteiger partial charge in [-0.2, -0.15) is 0 Å². The molecule has 2 aliphatic rings. The van der Waals surface area contributed by atoms with Crippen LogP contribution in [0.1, 0.15) is 46.5 Å². The van der Waals surface area contributed by atoms with Gasteiger partial charge in [0.1, 0.15) is 0 Å². The van der Waals surface area contributed by atoms with Crippen LogP contribution in [0.4, 0.5) is 4.79 Å². The van der Waals surface area contributed by atoms with E-state index in [-0.39, 0.29) is 11.4 Å². The number of amides is 3. The Morgan fingerprint density at radius 3 is 2.68 bits per heavy atom. The van der Waals surface area contributed by atoms with Crippen LogP contribution >= 0.6 is 0 Å². The van der Waals surface area contributed by atoms with Gasteiger partial charge in [0.25, 0.3) is 0 Å². The van der Waals surface area contributed by atoms with Crippen molar-refractivity contribution in [2.24, 2.45) is 17.1 Å². The first-order valence-electron chi connectivity index (χ1n) is 7.07. The van der Waals surface area contributed by atoms with Gasteiger partial charge in [-0.15, -0.1) is 0 Å². The number of hydrogen-bond donors (Lipinski definition) is 2. The minimum Gasteiger partial charge on any atom is -0.351 e. The Hall–Kier alpha value is -1.10. The van der Waals surface area contributed by atoms with E-state index in [1.54, 1.807) is 0 Å². The van der Waals surface area contributed by atoms with Crippen molar-refractivity contribution in [2.75, 3.05) is 13.1 Å². The maximum atomic E-state index is 11.5. The van der Waals surface area contributed by atoms with Gasteiger partial charge in [0.2, 0.25) is 5.91 Å². The highest BCUT2D eigenvalue weighted by Gasteiger charge is 2.50. The number of carbonyl (C=O) groups excluding carboxylic acids is 2. The number of fused-ring (bicyclic) bond motifs is 2. The van der Waals surface area contributed by atoms with E-state index in [0.29, 0.717) is 24.3 Å². The molecule has 2 atom stereocenters. The van der Waals surface area contributed by atoms with Crippen LogP contribution in [-0.2, 0) is 4.79 Å². The van der Waals surface area contributed by atoms with Crippen molar-refractivity contribution in [2.45, 2.75) is 52.0 Å². The topological polar surface area (TPSA) is 75.4 Å². The molecule has 5 heteroatoms. The first-order valence-corrected chi connectivity index (χ1v) is 7.07. The smallest absolute Gasteiger partial charge is 0.318 e. The maximum Gasteiger partial charge on any atom is 0.318 e. The van der Waals surface area contributed by atoms with Crippen molar-refractivity contribution in [3.05, 3.63) is 0 Å². The van der Waals surface area contributed by atoms with E-state index in [1.165, 1.54) is 19.3 Å². The Morgan fingerprint density at radius 1 is 1.37 bits per heavy atom. The Bertz CT molecular complexity index is 394. The molecule has 2 fully saturated rings. The highest BCUT2D eigenvalue weighted by atomic mass is 16.2. The molecule has 1 aliphatic heterocycles. The number of nitrogens with two attached hydrogens (primary N) is 1. The van der Waals surface area contributed by atoms with Crippen molar-refractivity contribution in [1.29, 1.82) is 0 Å². The van der Waals surface area contributed by atoms with Crippen molar-refractivity contribution in [1.82, 2.24) is 10.2 Å². The van der Waals surface area contributed by atoms with Crippen LogP contribution in [0.15, 0.2) is 0 Å². The summed E-state index contributed by atoms with van der Waals surface area (Å²) in [4.78, 5) is 24.6. The van der Waals surface area contributed by atoms with Crippen molar-refractivity contribution in [3.8, 4) is 0 Å². The number of piperidine rings is 1. The highest BCUT2D eigenvalue weighted by molar-refractivity contribution is 5.93. The van der Waals surface area contributed by atoms with E-state index in [4.69, 9.17) is 5.73 Å². The molecule has 2 rings (SSSR count).